The first kappa shape index (κ1) is 24.6. The number of nitrogens with one attached hydrogen (secondary N) is 2. The van der Waals surface area contributed by atoms with Crippen LogP contribution < -0.4 is 10.6 Å². The van der Waals surface area contributed by atoms with Crippen LogP contribution in [0, 0.1) is 0 Å². The number of hydrogen-bond donors (Lipinski definition) is 4. The number of carbonyl (C=O) groups excluding carboxylic acids is 2. The number of carboxylic acid groups (broad SMARTS) is 1. The van der Waals surface area contributed by atoms with E-state index in [0.717, 1.165) is 22.3 Å². The van der Waals surface area contributed by atoms with Gasteiger partial charge < -0.3 is 25.6 Å². The summed E-state index contributed by atoms with van der Waals surface area (Å²) in [5.74, 6) is -1.63. The Bertz CT molecular complexity index is 984. The number of amides is 2. The van der Waals surface area contributed by atoms with Gasteiger partial charge >= 0.3 is 12.1 Å². The van der Waals surface area contributed by atoms with Crippen LogP contribution in [0.3, 0.4) is 0 Å². The average molecular weight is 473 g/mol. The van der Waals surface area contributed by atoms with Gasteiger partial charge in [-0.2, -0.15) is 11.8 Å². The van der Waals surface area contributed by atoms with Crippen molar-refractivity contribution in [1.29, 1.82) is 0 Å². The highest BCUT2D eigenvalue weighted by Crippen LogP contribution is 2.44. The number of hydrogen-bond acceptors (Lipinski definition) is 6. The van der Waals surface area contributed by atoms with Crippen LogP contribution in [-0.4, -0.2) is 65.0 Å². The first-order chi connectivity index (χ1) is 15.8. The molecule has 0 aromatic heterocycles. The standard InChI is InChI=1S/C24H28N2O6S/c1-24(14-27,22(29)30)26-21(28)20(11-12-33-2)25-23(31)32-13-19-17-9-5-3-7-15(17)16-8-4-6-10-18(16)19/h3-10,19-20,27H,11-14H2,1-2H3,(H,25,31)(H,26,28)(H,29,30)/t20-,24?/m0/s1. The molecular formula is C24H28N2O6S. The topological polar surface area (TPSA) is 125 Å². The molecule has 9 heteroatoms. The number of aliphatic hydroxyl groups is 1. The lowest BCUT2D eigenvalue weighted by molar-refractivity contribution is -0.149. The van der Waals surface area contributed by atoms with Crippen molar-refractivity contribution in [1.82, 2.24) is 10.6 Å². The molecular weight excluding hydrogens is 444 g/mol. The van der Waals surface area contributed by atoms with E-state index in [1.54, 1.807) is 0 Å². The lowest BCUT2D eigenvalue weighted by Gasteiger charge is -2.27. The lowest BCUT2D eigenvalue weighted by atomic mass is 9.98. The van der Waals surface area contributed by atoms with Gasteiger partial charge in [0, 0.05) is 5.92 Å². The van der Waals surface area contributed by atoms with E-state index < -0.39 is 36.2 Å². The fourth-order valence-corrected chi connectivity index (χ4v) is 4.28. The molecule has 8 nitrogen and oxygen atoms in total. The van der Waals surface area contributed by atoms with Gasteiger partial charge in [-0.15, -0.1) is 0 Å². The molecule has 1 unspecified atom stereocenters. The van der Waals surface area contributed by atoms with Crippen molar-refractivity contribution >= 4 is 29.7 Å². The summed E-state index contributed by atoms with van der Waals surface area (Å²) in [6.07, 6.45) is 1.37. The Kier molecular flexibility index (Phi) is 7.99. The van der Waals surface area contributed by atoms with E-state index >= 15 is 0 Å². The van der Waals surface area contributed by atoms with Crippen molar-refractivity contribution in [2.45, 2.75) is 30.8 Å². The number of aliphatic carboxylic acids is 1. The van der Waals surface area contributed by atoms with Crippen molar-refractivity contribution in [2.75, 3.05) is 25.2 Å². The monoisotopic (exact) mass is 472 g/mol. The van der Waals surface area contributed by atoms with E-state index in [1.165, 1.54) is 18.7 Å². The summed E-state index contributed by atoms with van der Waals surface area (Å²) < 4.78 is 5.50. The van der Waals surface area contributed by atoms with Crippen LogP contribution in [0.2, 0.25) is 0 Å². The molecule has 0 radical (unpaired) electrons. The lowest BCUT2D eigenvalue weighted by Crippen LogP contribution is -2.59. The third-order valence-electron chi connectivity index (χ3n) is 5.75. The van der Waals surface area contributed by atoms with Gasteiger partial charge in [-0.1, -0.05) is 48.5 Å². The van der Waals surface area contributed by atoms with Crippen molar-refractivity contribution in [3.8, 4) is 11.1 Å². The summed E-state index contributed by atoms with van der Waals surface area (Å²) >= 11 is 1.48. The highest BCUT2D eigenvalue weighted by atomic mass is 32.2. The number of aliphatic hydroxyl groups excluding tert-OH is 1. The molecule has 0 saturated carbocycles. The van der Waals surface area contributed by atoms with Crippen molar-refractivity contribution in [2.24, 2.45) is 0 Å². The summed E-state index contributed by atoms with van der Waals surface area (Å²) in [6, 6.07) is 14.9. The van der Waals surface area contributed by atoms with Crippen LogP contribution in [0.15, 0.2) is 48.5 Å². The van der Waals surface area contributed by atoms with Crippen LogP contribution in [0.5, 0.6) is 0 Å². The average Bonchev–Trinajstić information content (AvgIpc) is 3.13. The highest BCUT2D eigenvalue weighted by Gasteiger charge is 2.37. The molecule has 3 rings (SSSR count). The Balaban J connectivity index is 1.67. The Hall–Kier alpha value is -3.04. The SMILES string of the molecule is CSCC[C@H](NC(=O)OCC1c2ccccc2-c2ccccc21)C(=O)NC(C)(CO)C(=O)O. The van der Waals surface area contributed by atoms with Gasteiger partial charge in [0.2, 0.25) is 5.91 Å². The normalized spacial score (nSPS) is 15.0. The molecule has 2 amide bonds. The Morgan fingerprint density at radius 3 is 2.18 bits per heavy atom. The fraction of sp³-hybridized carbons (Fsp3) is 0.375. The molecule has 4 N–H and O–H groups in total. The van der Waals surface area contributed by atoms with Crippen LogP contribution in [0.4, 0.5) is 4.79 Å². The van der Waals surface area contributed by atoms with Gasteiger partial charge in [0.25, 0.3) is 0 Å². The number of carbonyl (C=O) groups is 3. The summed E-state index contributed by atoms with van der Waals surface area (Å²) in [5.41, 5.74) is 2.51. The highest BCUT2D eigenvalue weighted by molar-refractivity contribution is 7.98. The molecule has 0 fully saturated rings. The van der Waals surface area contributed by atoms with E-state index in [9.17, 15) is 24.6 Å². The van der Waals surface area contributed by atoms with E-state index in [2.05, 4.69) is 10.6 Å². The van der Waals surface area contributed by atoms with Crippen LogP contribution in [0.1, 0.15) is 30.4 Å². The minimum atomic E-state index is -1.85. The molecule has 0 bridgehead atoms. The van der Waals surface area contributed by atoms with Gasteiger partial charge in [-0.3, -0.25) is 4.79 Å². The molecule has 0 spiro atoms. The number of benzene rings is 2. The smallest absolute Gasteiger partial charge is 0.407 e. The summed E-state index contributed by atoms with van der Waals surface area (Å²) in [6.45, 7) is 0.515. The first-order valence-corrected chi connectivity index (χ1v) is 12.0. The van der Waals surface area contributed by atoms with Gasteiger partial charge in [0.05, 0.1) is 6.61 Å². The van der Waals surface area contributed by atoms with Crippen molar-refractivity contribution in [3.05, 3.63) is 59.7 Å². The van der Waals surface area contributed by atoms with E-state index in [0.29, 0.717) is 5.75 Å². The molecule has 176 valence electrons. The molecule has 0 heterocycles. The minimum absolute atomic E-state index is 0.0974. The minimum Gasteiger partial charge on any atom is -0.479 e. The zero-order chi connectivity index (χ0) is 24.0. The predicted octanol–water partition coefficient (Wildman–Crippen LogP) is 2.60. The Morgan fingerprint density at radius 1 is 1.09 bits per heavy atom. The summed E-state index contributed by atoms with van der Waals surface area (Å²) in [4.78, 5) is 36.7. The number of alkyl carbamates (subject to hydrolysis) is 1. The second kappa shape index (κ2) is 10.7. The zero-order valence-electron chi connectivity index (χ0n) is 18.5. The second-order valence-corrected chi connectivity index (χ2v) is 9.07. The molecule has 33 heavy (non-hydrogen) atoms. The van der Waals surface area contributed by atoms with Gasteiger partial charge in [0.1, 0.15) is 12.6 Å². The maximum Gasteiger partial charge on any atom is 0.407 e. The quantitative estimate of drug-likeness (QED) is 0.419. The van der Waals surface area contributed by atoms with Gasteiger partial charge in [0.15, 0.2) is 5.54 Å². The zero-order valence-corrected chi connectivity index (χ0v) is 19.4. The Morgan fingerprint density at radius 2 is 1.67 bits per heavy atom. The number of fused-ring (bicyclic) bond motifs is 3. The largest absolute Gasteiger partial charge is 0.479 e. The van der Waals surface area contributed by atoms with Crippen LogP contribution >= 0.6 is 11.8 Å². The number of thioether (sulfide) groups is 1. The summed E-state index contributed by atoms with van der Waals surface area (Å²) in [5, 5.41) is 23.6. The maximum absolute atomic E-state index is 12.7. The van der Waals surface area contributed by atoms with Crippen LogP contribution in [-0.2, 0) is 14.3 Å². The maximum atomic E-state index is 12.7. The van der Waals surface area contributed by atoms with E-state index in [-0.39, 0.29) is 18.9 Å². The van der Waals surface area contributed by atoms with E-state index in [1.807, 2.05) is 54.8 Å². The van der Waals surface area contributed by atoms with Gasteiger partial charge in [-0.25, -0.2) is 9.59 Å². The van der Waals surface area contributed by atoms with E-state index in [4.69, 9.17) is 4.74 Å². The van der Waals surface area contributed by atoms with Crippen LogP contribution in [0.25, 0.3) is 11.1 Å². The molecule has 1 aliphatic rings. The van der Waals surface area contributed by atoms with Crippen molar-refractivity contribution in [3.63, 3.8) is 0 Å². The van der Waals surface area contributed by atoms with Gasteiger partial charge in [-0.05, 0) is 47.6 Å². The van der Waals surface area contributed by atoms with Crippen molar-refractivity contribution < 1.29 is 29.3 Å². The first-order valence-electron chi connectivity index (χ1n) is 10.6. The Labute approximate surface area is 196 Å². The molecule has 2 aromatic rings. The predicted molar refractivity (Wildman–Crippen MR) is 126 cm³/mol. The summed E-state index contributed by atoms with van der Waals surface area (Å²) in [7, 11) is 0. The molecule has 0 aliphatic heterocycles. The fourth-order valence-electron chi connectivity index (χ4n) is 3.81. The number of rotatable bonds is 10. The number of carboxylic acids is 1. The third-order valence-corrected chi connectivity index (χ3v) is 6.39. The number of ether oxygens (including phenoxy) is 1. The molecule has 2 atom stereocenters. The molecule has 0 saturated heterocycles. The molecule has 1 aliphatic carbocycles. The molecule has 2 aromatic carbocycles. The second-order valence-electron chi connectivity index (χ2n) is 8.09. The third kappa shape index (κ3) is 5.48.